The van der Waals surface area contributed by atoms with Crippen molar-refractivity contribution in [2.75, 3.05) is 0 Å². The fourth-order valence-corrected chi connectivity index (χ4v) is 2.26. The highest BCUT2D eigenvalue weighted by Crippen LogP contribution is 2.33. The Balaban J connectivity index is 2.33. The van der Waals surface area contributed by atoms with E-state index >= 15 is 0 Å². The van der Waals surface area contributed by atoms with Gasteiger partial charge in [-0.05, 0) is 65.2 Å². The average molecular weight is 331 g/mol. The van der Waals surface area contributed by atoms with Crippen molar-refractivity contribution in [2.45, 2.75) is 19.9 Å². The number of aryl methyl sites for hydroxylation is 1. The van der Waals surface area contributed by atoms with Crippen LogP contribution >= 0.6 is 15.9 Å². The zero-order valence-electron chi connectivity index (χ0n) is 11.4. The van der Waals surface area contributed by atoms with Gasteiger partial charge in [-0.2, -0.15) is 5.26 Å². The normalized spacial score (nSPS) is 11.8. The largest absolute Gasteiger partial charge is 0.456 e. The SMILES string of the molecule is Cc1ccc(C#N)cc1Oc1ccc(C(C)N)cc1Br. The van der Waals surface area contributed by atoms with Crippen LogP contribution in [0.15, 0.2) is 40.9 Å². The number of nitrogens with zero attached hydrogens (tertiary/aromatic N) is 1. The molecule has 1 atom stereocenters. The van der Waals surface area contributed by atoms with Gasteiger partial charge in [-0.25, -0.2) is 0 Å². The van der Waals surface area contributed by atoms with Gasteiger partial charge in [0, 0.05) is 6.04 Å². The Hall–Kier alpha value is -1.83. The Morgan fingerprint density at radius 2 is 1.95 bits per heavy atom. The number of hydrogen-bond acceptors (Lipinski definition) is 3. The smallest absolute Gasteiger partial charge is 0.141 e. The van der Waals surface area contributed by atoms with Crippen molar-refractivity contribution in [1.29, 1.82) is 5.26 Å². The highest BCUT2D eigenvalue weighted by molar-refractivity contribution is 9.10. The van der Waals surface area contributed by atoms with Crippen LogP contribution in [0.1, 0.15) is 29.7 Å². The summed E-state index contributed by atoms with van der Waals surface area (Å²) in [7, 11) is 0. The molecule has 0 saturated carbocycles. The molecule has 1 unspecified atom stereocenters. The monoisotopic (exact) mass is 330 g/mol. The number of benzene rings is 2. The van der Waals surface area contributed by atoms with E-state index in [2.05, 4.69) is 22.0 Å². The lowest BCUT2D eigenvalue weighted by molar-refractivity contribution is 0.475. The Bertz CT molecular complexity index is 675. The molecule has 0 aliphatic rings. The summed E-state index contributed by atoms with van der Waals surface area (Å²) < 4.78 is 6.72. The summed E-state index contributed by atoms with van der Waals surface area (Å²) in [6, 6.07) is 13.2. The molecule has 0 aliphatic heterocycles. The van der Waals surface area contributed by atoms with E-state index in [1.54, 1.807) is 12.1 Å². The molecule has 0 saturated heterocycles. The molecule has 102 valence electrons. The van der Waals surface area contributed by atoms with Gasteiger partial charge >= 0.3 is 0 Å². The van der Waals surface area contributed by atoms with E-state index in [4.69, 9.17) is 15.7 Å². The molecule has 0 aliphatic carbocycles. The van der Waals surface area contributed by atoms with Gasteiger partial charge in [-0.3, -0.25) is 0 Å². The van der Waals surface area contributed by atoms with Crippen molar-refractivity contribution >= 4 is 15.9 Å². The fraction of sp³-hybridized carbons (Fsp3) is 0.188. The molecule has 2 aromatic rings. The number of ether oxygens (including phenoxy) is 1. The van der Waals surface area contributed by atoms with Crippen LogP contribution in [0.3, 0.4) is 0 Å². The maximum Gasteiger partial charge on any atom is 0.141 e. The van der Waals surface area contributed by atoms with Crippen LogP contribution < -0.4 is 10.5 Å². The molecule has 20 heavy (non-hydrogen) atoms. The van der Waals surface area contributed by atoms with Crippen LogP contribution in [0.4, 0.5) is 0 Å². The molecule has 2 aromatic carbocycles. The number of nitrogens with two attached hydrogens (primary N) is 1. The van der Waals surface area contributed by atoms with Gasteiger partial charge in [-0.15, -0.1) is 0 Å². The van der Waals surface area contributed by atoms with Crippen molar-refractivity contribution in [3.8, 4) is 17.6 Å². The first-order valence-corrected chi connectivity index (χ1v) is 7.04. The van der Waals surface area contributed by atoms with E-state index in [-0.39, 0.29) is 6.04 Å². The van der Waals surface area contributed by atoms with E-state index in [9.17, 15) is 0 Å². The van der Waals surface area contributed by atoms with Crippen molar-refractivity contribution in [2.24, 2.45) is 5.73 Å². The van der Waals surface area contributed by atoms with Gasteiger partial charge in [0.05, 0.1) is 16.1 Å². The Morgan fingerprint density at radius 1 is 1.20 bits per heavy atom. The van der Waals surface area contributed by atoms with Gasteiger partial charge in [-0.1, -0.05) is 12.1 Å². The minimum absolute atomic E-state index is 0.0241. The fourth-order valence-electron chi connectivity index (χ4n) is 1.78. The van der Waals surface area contributed by atoms with Gasteiger partial charge in [0.2, 0.25) is 0 Å². The molecule has 0 heterocycles. The second kappa shape index (κ2) is 6.08. The first kappa shape index (κ1) is 14.6. The number of halogens is 1. The van der Waals surface area contributed by atoms with E-state index in [1.165, 1.54) is 0 Å². The first-order chi connectivity index (χ1) is 9.51. The molecule has 3 nitrogen and oxygen atoms in total. The van der Waals surface area contributed by atoms with Gasteiger partial charge < -0.3 is 10.5 Å². The Labute approximate surface area is 127 Å². The third-order valence-corrected chi connectivity index (χ3v) is 3.64. The lowest BCUT2D eigenvalue weighted by Gasteiger charge is -2.13. The second-order valence-corrected chi connectivity index (χ2v) is 5.53. The van der Waals surface area contributed by atoms with E-state index in [0.717, 1.165) is 15.6 Å². The lowest BCUT2D eigenvalue weighted by atomic mass is 10.1. The quantitative estimate of drug-likeness (QED) is 0.904. The van der Waals surface area contributed by atoms with Crippen LogP contribution in [-0.2, 0) is 0 Å². The van der Waals surface area contributed by atoms with Crippen LogP contribution in [0, 0.1) is 18.3 Å². The highest BCUT2D eigenvalue weighted by Gasteiger charge is 2.08. The Kier molecular flexibility index (Phi) is 4.43. The van der Waals surface area contributed by atoms with Crippen molar-refractivity contribution in [3.05, 3.63) is 57.6 Å². The minimum Gasteiger partial charge on any atom is -0.456 e. The maximum absolute atomic E-state index is 8.94. The predicted molar refractivity (Wildman–Crippen MR) is 82.7 cm³/mol. The maximum atomic E-state index is 8.94. The molecule has 0 amide bonds. The standard InChI is InChI=1S/C16H15BrN2O/c1-10-3-4-12(9-18)7-16(10)20-15-6-5-13(11(2)19)8-14(15)17/h3-8,11H,19H2,1-2H3. The summed E-state index contributed by atoms with van der Waals surface area (Å²) in [4.78, 5) is 0. The van der Waals surface area contributed by atoms with Gasteiger partial charge in [0.15, 0.2) is 0 Å². The topological polar surface area (TPSA) is 59.0 Å². The third-order valence-electron chi connectivity index (χ3n) is 3.02. The summed E-state index contributed by atoms with van der Waals surface area (Å²) >= 11 is 3.49. The molecule has 0 aromatic heterocycles. The lowest BCUT2D eigenvalue weighted by Crippen LogP contribution is -2.04. The van der Waals surface area contributed by atoms with E-state index in [0.29, 0.717) is 17.1 Å². The molecule has 2 N–H and O–H groups in total. The zero-order valence-corrected chi connectivity index (χ0v) is 12.9. The first-order valence-electron chi connectivity index (χ1n) is 6.25. The zero-order chi connectivity index (χ0) is 14.7. The highest BCUT2D eigenvalue weighted by atomic mass is 79.9. The third kappa shape index (κ3) is 3.19. The molecule has 0 bridgehead atoms. The number of rotatable bonds is 3. The van der Waals surface area contributed by atoms with Gasteiger partial charge in [0.1, 0.15) is 11.5 Å². The average Bonchev–Trinajstić information content (AvgIpc) is 2.43. The predicted octanol–water partition coefficient (Wildman–Crippen LogP) is 4.44. The molecule has 2 rings (SSSR count). The molecule has 0 fully saturated rings. The molecule has 0 radical (unpaired) electrons. The van der Waals surface area contributed by atoms with Crippen LogP contribution in [0.2, 0.25) is 0 Å². The summed E-state index contributed by atoms with van der Waals surface area (Å²) in [5.41, 5.74) is 8.44. The summed E-state index contributed by atoms with van der Waals surface area (Å²) in [6.07, 6.45) is 0. The number of nitriles is 1. The summed E-state index contributed by atoms with van der Waals surface area (Å²) in [5, 5.41) is 8.94. The van der Waals surface area contributed by atoms with Crippen LogP contribution in [0.25, 0.3) is 0 Å². The molecule has 0 spiro atoms. The number of hydrogen-bond donors (Lipinski definition) is 1. The van der Waals surface area contributed by atoms with Crippen molar-refractivity contribution in [1.82, 2.24) is 0 Å². The van der Waals surface area contributed by atoms with Gasteiger partial charge in [0.25, 0.3) is 0 Å². The Morgan fingerprint density at radius 3 is 2.55 bits per heavy atom. The summed E-state index contributed by atoms with van der Waals surface area (Å²) in [6.45, 7) is 3.88. The second-order valence-electron chi connectivity index (χ2n) is 4.67. The molecular weight excluding hydrogens is 316 g/mol. The summed E-state index contributed by atoms with van der Waals surface area (Å²) in [5.74, 6) is 1.38. The molecule has 4 heteroatoms. The van der Waals surface area contributed by atoms with Crippen LogP contribution in [-0.4, -0.2) is 0 Å². The van der Waals surface area contributed by atoms with E-state index < -0.39 is 0 Å². The van der Waals surface area contributed by atoms with Crippen molar-refractivity contribution < 1.29 is 4.74 Å². The minimum atomic E-state index is -0.0241. The van der Waals surface area contributed by atoms with E-state index in [1.807, 2.05) is 38.1 Å². The van der Waals surface area contributed by atoms with Crippen molar-refractivity contribution in [3.63, 3.8) is 0 Å². The molecular formula is C16H15BrN2O. The van der Waals surface area contributed by atoms with Crippen LogP contribution in [0.5, 0.6) is 11.5 Å².